The van der Waals surface area contributed by atoms with E-state index in [2.05, 4.69) is 5.32 Å². The molecule has 5 heteroatoms. The van der Waals surface area contributed by atoms with E-state index in [0.29, 0.717) is 17.2 Å². The summed E-state index contributed by atoms with van der Waals surface area (Å²) in [5.41, 5.74) is 0.752. The normalized spacial score (nSPS) is 17.4. The zero-order valence-corrected chi connectivity index (χ0v) is 12.5. The van der Waals surface area contributed by atoms with Gasteiger partial charge in [0, 0.05) is 11.8 Å². The summed E-state index contributed by atoms with van der Waals surface area (Å²) in [5.74, 6) is 0.876. The number of hydrogen-bond donors (Lipinski definition) is 1. The molecule has 118 valence electrons. The lowest BCUT2D eigenvalue weighted by molar-refractivity contribution is -0.124. The Bertz CT molecular complexity index is 771. The molecule has 1 aliphatic carbocycles. The van der Waals surface area contributed by atoms with Gasteiger partial charge in [0.1, 0.15) is 5.82 Å². The molecule has 1 heterocycles. The summed E-state index contributed by atoms with van der Waals surface area (Å²) in [6.07, 6.45) is 2.42. The van der Waals surface area contributed by atoms with E-state index in [-0.39, 0.29) is 18.5 Å². The number of ether oxygens (including phenoxy) is 2. The first-order valence-corrected chi connectivity index (χ1v) is 7.65. The highest BCUT2D eigenvalue weighted by Gasteiger charge is 2.45. The summed E-state index contributed by atoms with van der Waals surface area (Å²) in [7, 11) is 0. The molecule has 1 aliphatic heterocycles. The lowest BCUT2D eigenvalue weighted by atomic mass is 9.63. The quantitative estimate of drug-likeness (QED) is 0.941. The summed E-state index contributed by atoms with van der Waals surface area (Å²) in [4.78, 5) is 12.8. The van der Waals surface area contributed by atoms with Gasteiger partial charge in [-0.25, -0.2) is 4.39 Å². The Morgan fingerprint density at radius 1 is 1.09 bits per heavy atom. The fourth-order valence-corrected chi connectivity index (χ4v) is 3.19. The van der Waals surface area contributed by atoms with Gasteiger partial charge in [-0.15, -0.1) is 0 Å². The molecule has 0 radical (unpaired) electrons. The monoisotopic (exact) mass is 313 g/mol. The molecule has 4 nitrogen and oxygen atoms in total. The minimum absolute atomic E-state index is 0.104. The topological polar surface area (TPSA) is 47.6 Å². The van der Waals surface area contributed by atoms with Crippen LogP contribution in [-0.4, -0.2) is 12.7 Å². The van der Waals surface area contributed by atoms with Crippen molar-refractivity contribution in [3.63, 3.8) is 0 Å². The van der Waals surface area contributed by atoms with Crippen molar-refractivity contribution in [1.29, 1.82) is 0 Å². The predicted octanol–water partition coefficient (Wildman–Crippen LogP) is 3.61. The molecule has 0 unspecified atom stereocenters. The molecule has 4 rings (SSSR count). The van der Waals surface area contributed by atoms with Crippen molar-refractivity contribution in [2.24, 2.45) is 0 Å². The van der Waals surface area contributed by atoms with E-state index in [0.717, 1.165) is 24.8 Å². The molecule has 2 aliphatic rings. The van der Waals surface area contributed by atoms with Gasteiger partial charge < -0.3 is 14.8 Å². The van der Waals surface area contributed by atoms with Crippen LogP contribution in [0, 0.1) is 5.82 Å². The Morgan fingerprint density at radius 2 is 1.91 bits per heavy atom. The van der Waals surface area contributed by atoms with E-state index in [9.17, 15) is 9.18 Å². The number of halogens is 1. The van der Waals surface area contributed by atoms with Gasteiger partial charge in [0.2, 0.25) is 12.7 Å². The number of rotatable bonds is 3. The molecule has 23 heavy (non-hydrogen) atoms. The Morgan fingerprint density at radius 3 is 2.65 bits per heavy atom. The third kappa shape index (κ3) is 2.32. The molecule has 2 aromatic rings. The first-order valence-electron chi connectivity index (χ1n) is 7.65. The number of anilines is 1. The van der Waals surface area contributed by atoms with Gasteiger partial charge in [-0.05, 0) is 42.7 Å². The van der Waals surface area contributed by atoms with Gasteiger partial charge in [-0.1, -0.05) is 18.6 Å². The number of nitrogens with one attached hydrogen (secondary N) is 1. The van der Waals surface area contributed by atoms with E-state index in [1.807, 2.05) is 6.07 Å². The van der Waals surface area contributed by atoms with Crippen molar-refractivity contribution in [2.45, 2.75) is 24.7 Å². The van der Waals surface area contributed by atoms with Crippen molar-refractivity contribution >= 4 is 11.6 Å². The number of fused-ring (bicyclic) bond motifs is 1. The summed E-state index contributed by atoms with van der Waals surface area (Å²) in [6.45, 7) is 0.194. The summed E-state index contributed by atoms with van der Waals surface area (Å²) >= 11 is 0. The molecule has 1 saturated carbocycles. The van der Waals surface area contributed by atoms with Gasteiger partial charge >= 0.3 is 0 Å². The summed E-state index contributed by atoms with van der Waals surface area (Å²) in [6, 6.07) is 11.6. The molecule has 0 aromatic heterocycles. The van der Waals surface area contributed by atoms with Crippen LogP contribution < -0.4 is 14.8 Å². The van der Waals surface area contributed by atoms with Crippen LogP contribution in [-0.2, 0) is 10.2 Å². The first kappa shape index (κ1) is 14.1. The molecular formula is C18H16FNO3. The van der Waals surface area contributed by atoms with Crippen LogP contribution in [0.4, 0.5) is 10.1 Å². The number of benzene rings is 2. The van der Waals surface area contributed by atoms with Crippen LogP contribution in [0.15, 0.2) is 42.5 Å². The standard InChI is InChI=1S/C18H16FNO3/c19-13-4-1-3-12(9-13)18(7-2-8-18)17(21)20-14-5-6-15-16(10-14)23-11-22-15/h1,3-6,9-10H,2,7-8,11H2,(H,20,21). The largest absolute Gasteiger partial charge is 0.454 e. The van der Waals surface area contributed by atoms with E-state index >= 15 is 0 Å². The van der Waals surface area contributed by atoms with Crippen LogP contribution in [0.25, 0.3) is 0 Å². The zero-order chi connectivity index (χ0) is 15.9. The number of carbonyl (C=O) groups is 1. The lowest BCUT2D eigenvalue weighted by Crippen LogP contribution is -2.46. The fourth-order valence-electron chi connectivity index (χ4n) is 3.19. The molecular weight excluding hydrogens is 297 g/mol. The van der Waals surface area contributed by atoms with Crippen molar-refractivity contribution in [1.82, 2.24) is 0 Å². The molecule has 1 N–H and O–H groups in total. The van der Waals surface area contributed by atoms with Gasteiger partial charge in [0.05, 0.1) is 5.41 Å². The van der Waals surface area contributed by atoms with E-state index in [1.165, 1.54) is 12.1 Å². The van der Waals surface area contributed by atoms with Crippen molar-refractivity contribution in [3.05, 3.63) is 53.8 Å². The highest BCUT2D eigenvalue weighted by molar-refractivity contribution is 6.00. The van der Waals surface area contributed by atoms with Gasteiger partial charge in [-0.2, -0.15) is 0 Å². The van der Waals surface area contributed by atoms with Gasteiger partial charge in [-0.3, -0.25) is 4.79 Å². The average Bonchev–Trinajstić information content (AvgIpc) is 2.93. The Kier molecular flexibility index (Phi) is 3.22. The second-order valence-corrected chi connectivity index (χ2v) is 5.97. The van der Waals surface area contributed by atoms with Crippen LogP contribution in [0.3, 0.4) is 0 Å². The molecule has 0 spiro atoms. The minimum atomic E-state index is -0.640. The van der Waals surface area contributed by atoms with Gasteiger partial charge in [0.25, 0.3) is 0 Å². The smallest absolute Gasteiger partial charge is 0.235 e. The molecule has 1 amide bonds. The lowest BCUT2D eigenvalue weighted by Gasteiger charge is -2.40. The maximum Gasteiger partial charge on any atom is 0.235 e. The van der Waals surface area contributed by atoms with E-state index < -0.39 is 5.41 Å². The predicted molar refractivity (Wildman–Crippen MR) is 83.1 cm³/mol. The van der Waals surface area contributed by atoms with Crippen LogP contribution in [0.2, 0.25) is 0 Å². The van der Waals surface area contributed by atoms with E-state index in [1.54, 1.807) is 24.3 Å². The molecule has 0 bridgehead atoms. The zero-order valence-electron chi connectivity index (χ0n) is 12.5. The van der Waals surface area contributed by atoms with Crippen molar-refractivity contribution < 1.29 is 18.7 Å². The summed E-state index contributed by atoms with van der Waals surface area (Å²) < 4.78 is 24.1. The van der Waals surface area contributed by atoms with Crippen molar-refractivity contribution in [2.75, 3.05) is 12.1 Å². The van der Waals surface area contributed by atoms with E-state index in [4.69, 9.17) is 9.47 Å². The summed E-state index contributed by atoms with van der Waals surface area (Å²) in [5, 5.41) is 2.94. The molecule has 0 saturated heterocycles. The highest BCUT2D eigenvalue weighted by Crippen LogP contribution is 2.45. The second kappa shape index (κ2) is 5.26. The van der Waals surface area contributed by atoms with Crippen LogP contribution in [0.1, 0.15) is 24.8 Å². The number of amides is 1. The highest BCUT2D eigenvalue weighted by atomic mass is 19.1. The first-order chi connectivity index (χ1) is 11.2. The SMILES string of the molecule is O=C(Nc1ccc2c(c1)OCO2)C1(c2cccc(F)c2)CCC1. The maximum absolute atomic E-state index is 13.5. The Labute approximate surface area is 133 Å². The second-order valence-electron chi connectivity index (χ2n) is 5.97. The van der Waals surface area contributed by atoms with Gasteiger partial charge in [0.15, 0.2) is 11.5 Å². The molecule has 2 aromatic carbocycles. The average molecular weight is 313 g/mol. The van der Waals surface area contributed by atoms with Crippen LogP contribution in [0.5, 0.6) is 11.5 Å². The number of hydrogen-bond acceptors (Lipinski definition) is 3. The Hall–Kier alpha value is -2.56. The maximum atomic E-state index is 13.5. The Balaban J connectivity index is 1.60. The number of carbonyl (C=O) groups excluding carboxylic acids is 1. The minimum Gasteiger partial charge on any atom is -0.454 e. The molecule has 1 fully saturated rings. The molecule has 0 atom stereocenters. The van der Waals surface area contributed by atoms with Crippen LogP contribution >= 0.6 is 0 Å². The third-order valence-electron chi connectivity index (χ3n) is 4.65. The third-order valence-corrected chi connectivity index (χ3v) is 4.65. The fraction of sp³-hybridized carbons (Fsp3) is 0.278. The van der Waals surface area contributed by atoms with Crippen molar-refractivity contribution in [3.8, 4) is 11.5 Å².